The van der Waals surface area contributed by atoms with Crippen LogP contribution in [-0.4, -0.2) is 18.5 Å². The number of carbonyl (C=O) groups excluding carboxylic acids is 2. The summed E-state index contributed by atoms with van der Waals surface area (Å²) >= 11 is 23.4. The van der Waals surface area contributed by atoms with Gasteiger partial charge >= 0.3 is 5.97 Å². The van der Waals surface area contributed by atoms with Crippen molar-refractivity contribution in [1.29, 1.82) is 0 Å². The van der Waals surface area contributed by atoms with Gasteiger partial charge in [-0.3, -0.25) is 9.59 Å². The maximum absolute atomic E-state index is 11.8. The number of rotatable bonds is 5. The minimum atomic E-state index is -0.585. The number of carbonyl (C=O) groups is 2. The number of amides is 1. The highest BCUT2D eigenvalue weighted by Gasteiger charge is 2.12. The van der Waals surface area contributed by atoms with Crippen molar-refractivity contribution in [3.63, 3.8) is 0 Å². The summed E-state index contributed by atoms with van der Waals surface area (Å²) in [6.45, 7) is -0.436. The summed E-state index contributed by atoms with van der Waals surface area (Å²) in [6, 6.07) is 9.36. The molecule has 4 nitrogen and oxygen atoms in total. The highest BCUT2D eigenvalue weighted by atomic mass is 35.5. The van der Waals surface area contributed by atoms with Crippen LogP contribution in [0.25, 0.3) is 0 Å². The van der Waals surface area contributed by atoms with Gasteiger partial charge in [0.2, 0.25) is 0 Å². The van der Waals surface area contributed by atoms with E-state index < -0.39 is 18.5 Å². The maximum Gasteiger partial charge on any atom is 0.310 e. The number of anilines is 1. The van der Waals surface area contributed by atoms with Crippen LogP contribution in [0, 0.1) is 0 Å². The molecule has 0 aliphatic rings. The van der Waals surface area contributed by atoms with E-state index in [2.05, 4.69) is 5.32 Å². The summed E-state index contributed by atoms with van der Waals surface area (Å²) in [5, 5.41) is 4.12. The fourth-order valence-electron chi connectivity index (χ4n) is 1.84. The van der Waals surface area contributed by atoms with Crippen LogP contribution in [0.15, 0.2) is 36.4 Å². The normalized spacial score (nSPS) is 10.3. The SMILES string of the molecule is O=C(COC(=O)Cc1ccc(Cl)cc1Cl)Nc1cc(Cl)cc(Cl)c1. The second kappa shape index (κ2) is 8.58. The largest absolute Gasteiger partial charge is 0.455 e. The van der Waals surface area contributed by atoms with Crippen molar-refractivity contribution in [3.05, 3.63) is 62.1 Å². The van der Waals surface area contributed by atoms with Gasteiger partial charge in [-0.05, 0) is 35.9 Å². The molecule has 0 aliphatic carbocycles. The molecule has 8 heteroatoms. The Hall–Kier alpha value is -1.46. The van der Waals surface area contributed by atoms with E-state index >= 15 is 0 Å². The number of esters is 1. The molecule has 2 rings (SSSR count). The zero-order chi connectivity index (χ0) is 17.7. The summed E-state index contributed by atoms with van der Waals surface area (Å²) in [5.74, 6) is -1.10. The lowest BCUT2D eigenvalue weighted by molar-refractivity contribution is -0.146. The van der Waals surface area contributed by atoms with Gasteiger partial charge in [0.15, 0.2) is 6.61 Å². The van der Waals surface area contributed by atoms with Gasteiger partial charge in [0, 0.05) is 25.8 Å². The Balaban J connectivity index is 1.85. The summed E-state index contributed by atoms with van der Waals surface area (Å²) in [6.07, 6.45) is -0.0632. The van der Waals surface area contributed by atoms with Crippen molar-refractivity contribution in [3.8, 4) is 0 Å². The van der Waals surface area contributed by atoms with Crippen LogP contribution >= 0.6 is 46.4 Å². The average molecular weight is 407 g/mol. The van der Waals surface area contributed by atoms with E-state index in [0.717, 1.165) is 0 Å². The maximum atomic E-state index is 11.8. The molecule has 0 heterocycles. The van der Waals surface area contributed by atoms with Gasteiger partial charge in [0.05, 0.1) is 6.42 Å². The zero-order valence-electron chi connectivity index (χ0n) is 12.1. The first kappa shape index (κ1) is 18.9. The fourth-order valence-corrected chi connectivity index (χ4v) is 2.84. The van der Waals surface area contributed by atoms with E-state index in [1.807, 2.05) is 0 Å². The van der Waals surface area contributed by atoms with E-state index in [-0.39, 0.29) is 6.42 Å². The van der Waals surface area contributed by atoms with Crippen molar-refractivity contribution < 1.29 is 14.3 Å². The van der Waals surface area contributed by atoms with Gasteiger partial charge in [-0.2, -0.15) is 0 Å². The Morgan fingerprint density at radius 2 is 1.58 bits per heavy atom. The number of hydrogen-bond donors (Lipinski definition) is 1. The molecule has 0 unspecified atom stereocenters. The smallest absolute Gasteiger partial charge is 0.310 e. The molecule has 2 aromatic carbocycles. The molecule has 1 amide bonds. The minimum Gasteiger partial charge on any atom is -0.455 e. The third-order valence-corrected chi connectivity index (χ3v) is 3.88. The van der Waals surface area contributed by atoms with E-state index in [1.165, 1.54) is 24.3 Å². The third-order valence-electron chi connectivity index (χ3n) is 2.86. The molecule has 0 saturated heterocycles. The number of benzene rings is 2. The summed E-state index contributed by atoms with van der Waals surface area (Å²) in [4.78, 5) is 23.6. The van der Waals surface area contributed by atoms with Crippen LogP contribution in [0.3, 0.4) is 0 Å². The van der Waals surface area contributed by atoms with Crippen molar-refractivity contribution >= 4 is 64.0 Å². The summed E-state index contributed by atoms with van der Waals surface area (Å²) < 4.78 is 4.92. The number of nitrogens with one attached hydrogen (secondary N) is 1. The minimum absolute atomic E-state index is 0.0632. The average Bonchev–Trinajstić information content (AvgIpc) is 2.47. The first-order chi connectivity index (χ1) is 11.3. The molecule has 126 valence electrons. The summed E-state index contributed by atoms with van der Waals surface area (Å²) in [7, 11) is 0. The topological polar surface area (TPSA) is 55.4 Å². The van der Waals surface area contributed by atoms with Crippen LogP contribution in [0.2, 0.25) is 20.1 Å². The molecular formula is C16H11Cl4NO3. The first-order valence-electron chi connectivity index (χ1n) is 6.69. The van der Waals surface area contributed by atoms with Gasteiger partial charge in [-0.1, -0.05) is 52.5 Å². The number of halogens is 4. The Kier molecular flexibility index (Phi) is 6.75. The lowest BCUT2D eigenvalue weighted by atomic mass is 10.1. The Morgan fingerprint density at radius 3 is 2.21 bits per heavy atom. The molecule has 0 fully saturated rings. The third kappa shape index (κ3) is 5.87. The van der Waals surface area contributed by atoms with Gasteiger partial charge in [-0.15, -0.1) is 0 Å². The van der Waals surface area contributed by atoms with Crippen LogP contribution < -0.4 is 5.32 Å². The Bertz CT molecular complexity index is 760. The molecule has 0 saturated carbocycles. The second-order valence-electron chi connectivity index (χ2n) is 4.78. The first-order valence-corrected chi connectivity index (χ1v) is 8.20. The molecule has 0 spiro atoms. The van der Waals surface area contributed by atoms with Crippen molar-refractivity contribution in [1.82, 2.24) is 0 Å². The highest BCUT2D eigenvalue weighted by molar-refractivity contribution is 6.35. The van der Waals surface area contributed by atoms with Gasteiger partial charge in [-0.25, -0.2) is 0 Å². The lowest BCUT2D eigenvalue weighted by Gasteiger charge is -2.08. The quantitative estimate of drug-likeness (QED) is 0.708. The Labute approximate surface area is 158 Å². The van der Waals surface area contributed by atoms with Gasteiger partial charge in [0.25, 0.3) is 5.91 Å². The van der Waals surface area contributed by atoms with Gasteiger partial charge in [0.1, 0.15) is 0 Å². The zero-order valence-corrected chi connectivity index (χ0v) is 15.1. The van der Waals surface area contributed by atoms with Crippen LogP contribution in [0.1, 0.15) is 5.56 Å². The lowest BCUT2D eigenvalue weighted by Crippen LogP contribution is -2.21. The van der Waals surface area contributed by atoms with Crippen molar-refractivity contribution in [2.45, 2.75) is 6.42 Å². The predicted octanol–water partition coefficient (Wildman–Crippen LogP) is 5.02. The van der Waals surface area contributed by atoms with E-state index in [1.54, 1.807) is 12.1 Å². The van der Waals surface area contributed by atoms with Crippen LogP contribution in [0.5, 0.6) is 0 Å². The van der Waals surface area contributed by atoms with Crippen molar-refractivity contribution in [2.24, 2.45) is 0 Å². The van der Waals surface area contributed by atoms with E-state index in [9.17, 15) is 9.59 Å². The predicted molar refractivity (Wildman–Crippen MR) is 96.2 cm³/mol. The second-order valence-corrected chi connectivity index (χ2v) is 6.50. The molecule has 0 aliphatic heterocycles. The fraction of sp³-hybridized carbons (Fsp3) is 0.125. The Morgan fingerprint density at radius 1 is 0.917 bits per heavy atom. The molecule has 0 bridgehead atoms. The molecule has 0 atom stereocenters. The molecule has 24 heavy (non-hydrogen) atoms. The monoisotopic (exact) mass is 405 g/mol. The molecule has 1 N–H and O–H groups in total. The van der Waals surface area contributed by atoms with Crippen molar-refractivity contribution in [2.75, 3.05) is 11.9 Å². The standard InChI is InChI=1S/C16H11Cl4NO3/c17-10-2-1-9(14(20)7-10)3-16(23)24-8-15(22)21-13-5-11(18)4-12(19)6-13/h1-2,4-7H,3,8H2,(H,21,22). The van der Waals surface area contributed by atoms with Crippen LogP contribution in [-0.2, 0) is 20.7 Å². The molecule has 2 aromatic rings. The molecule has 0 aromatic heterocycles. The summed E-state index contributed by atoms with van der Waals surface area (Å²) in [5.41, 5.74) is 0.974. The molecule has 0 radical (unpaired) electrons. The number of ether oxygens (including phenoxy) is 1. The van der Waals surface area contributed by atoms with Crippen LogP contribution in [0.4, 0.5) is 5.69 Å². The van der Waals surface area contributed by atoms with Gasteiger partial charge < -0.3 is 10.1 Å². The highest BCUT2D eigenvalue weighted by Crippen LogP contribution is 2.23. The van der Waals surface area contributed by atoms with E-state index in [4.69, 9.17) is 51.1 Å². The van der Waals surface area contributed by atoms with E-state index in [0.29, 0.717) is 31.3 Å². The number of hydrogen-bond acceptors (Lipinski definition) is 3. The molecular weight excluding hydrogens is 396 g/mol.